The Morgan fingerprint density at radius 3 is 1.44 bits per heavy atom. The number of rotatable bonds is 39. The number of carbonyl (C=O) groups is 2. The lowest BCUT2D eigenvalue weighted by Gasteiger charge is -2.18. The van der Waals surface area contributed by atoms with Crippen LogP contribution >= 0.6 is 0 Å². The molecule has 0 aliphatic carbocycles. The molecule has 0 radical (unpaired) electrons. The Labute approximate surface area is 310 Å². The summed E-state index contributed by atoms with van der Waals surface area (Å²) in [5.41, 5.74) is 0. The molecule has 1 unspecified atom stereocenters. The third-order valence-corrected chi connectivity index (χ3v) is 9.15. The molecule has 292 valence electrons. The maximum Gasteiger partial charge on any atom is 0.306 e. The summed E-state index contributed by atoms with van der Waals surface area (Å²) >= 11 is 0. The average molecular weight is 703 g/mol. The van der Waals surface area contributed by atoms with Gasteiger partial charge in [-0.25, -0.2) is 0 Å². The largest absolute Gasteiger partial charge is 0.462 e. The molecule has 0 spiro atoms. The highest BCUT2D eigenvalue weighted by atomic mass is 16.6. The first-order chi connectivity index (χ1) is 24.6. The Kier molecular flexibility index (Phi) is 40.0. The van der Waals surface area contributed by atoms with E-state index in [1.165, 1.54) is 122 Å². The molecule has 5 nitrogen and oxygen atoms in total. The van der Waals surface area contributed by atoms with E-state index in [1.807, 2.05) is 0 Å². The highest BCUT2D eigenvalue weighted by Gasteiger charge is 2.17. The predicted octanol–water partition coefficient (Wildman–Crippen LogP) is 13.9. The molecule has 0 saturated heterocycles. The lowest BCUT2D eigenvalue weighted by atomic mass is 10.1. The van der Waals surface area contributed by atoms with Crippen LogP contribution in [0.25, 0.3) is 0 Å². The Morgan fingerprint density at radius 1 is 0.440 bits per heavy atom. The first-order valence-electron chi connectivity index (χ1n) is 21.5. The molecule has 0 aliphatic rings. The third kappa shape index (κ3) is 38.9. The van der Waals surface area contributed by atoms with Crippen LogP contribution in [0.4, 0.5) is 0 Å². The van der Waals surface area contributed by atoms with Gasteiger partial charge in [0, 0.05) is 19.4 Å². The van der Waals surface area contributed by atoms with Gasteiger partial charge in [0.15, 0.2) is 6.10 Å². The van der Waals surface area contributed by atoms with Gasteiger partial charge in [0.1, 0.15) is 6.61 Å². The Balaban J connectivity index is 4.18. The van der Waals surface area contributed by atoms with E-state index in [-0.39, 0.29) is 25.2 Å². The van der Waals surface area contributed by atoms with Crippen molar-refractivity contribution in [2.24, 2.45) is 0 Å². The molecule has 0 heterocycles. The highest BCUT2D eigenvalue weighted by molar-refractivity contribution is 5.70. The van der Waals surface area contributed by atoms with Crippen molar-refractivity contribution < 1.29 is 23.8 Å². The minimum Gasteiger partial charge on any atom is -0.462 e. The fourth-order valence-electron chi connectivity index (χ4n) is 5.87. The first kappa shape index (κ1) is 48.1. The third-order valence-electron chi connectivity index (χ3n) is 9.15. The molecule has 0 amide bonds. The Morgan fingerprint density at radius 2 is 0.860 bits per heavy atom. The van der Waals surface area contributed by atoms with E-state index in [9.17, 15) is 9.59 Å². The second kappa shape index (κ2) is 41.5. The number of hydrogen-bond acceptors (Lipinski definition) is 5. The van der Waals surface area contributed by atoms with Crippen LogP contribution in [0.15, 0.2) is 36.5 Å². The van der Waals surface area contributed by atoms with Crippen LogP contribution in [0, 0.1) is 0 Å². The van der Waals surface area contributed by atoms with Crippen molar-refractivity contribution >= 4 is 11.9 Å². The lowest BCUT2D eigenvalue weighted by molar-refractivity contribution is -0.163. The van der Waals surface area contributed by atoms with Crippen LogP contribution in [0.5, 0.6) is 0 Å². The van der Waals surface area contributed by atoms with E-state index in [4.69, 9.17) is 14.2 Å². The summed E-state index contributed by atoms with van der Waals surface area (Å²) in [6.07, 6.45) is 47.2. The Bertz CT molecular complexity index is 801. The van der Waals surface area contributed by atoms with Gasteiger partial charge in [-0.3, -0.25) is 9.59 Å². The van der Waals surface area contributed by atoms with E-state index in [0.29, 0.717) is 19.4 Å². The summed E-state index contributed by atoms with van der Waals surface area (Å²) < 4.78 is 17.2. The van der Waals surface area contributed by atoms with Crippen LogP contribution in [-0.2, 0) is 23.8 Å². The van der Waals surface area contributed by atoms with E-state index in [1.54, 1.807) is 0 Å². The van der Waals surface area contributed by atoms with E-state index >= 15 is 0 Å². The van der Waals surface area contributed by atoms with Gasteiger partial charge in [-0.1, -0.05) is 166 Å². The second-order valence-electron chi connectivity index (χ2n) is 14.2. The number of allylic oxidation sites excluding steroid dienone is 6. The second-order valence-corrected chi connectivity index (χ2v) is 14.2. The molecule has 0 aromatic heterocycles. The molecule has 50 heavy (non-hydrogen) atoms. The molecule has 0 saturated carbocycles. The summed E-state index contributed by atoms with van der Waals surface area (Å²) in [5, 5.41) is 0. The zero-order valence-corrected chi connectivity index (χ0v) is 33.4. The van der Waals surface area contributed by atoms with E-state index < -0.39 is 6.10 Å². The molecular formula is C45H82O5. The standard InChI is InChI=1S/C45H82O5/c1-4-7-10-13-16-18-20-21-22-23-24-26-28-31-34-37-40-48-41-43(50-45(47)39-36-33-29-15-12-9-6-3)42-49-44(46)38-35-32-30-27-25-19-17-14-11-8-5-2/h14,16-18,21-22,43H,4-13,15,19-20,23-42H2,1-3H3/b17-14-,18-16-,22-21-. The lowest BCUT2D eigenvalue weighted by Crippen LogP contribution is -2.30. The zero-order chi connectivity index (χ0) is 36.4. The van der Waals surface area contributed by atoms with Crippen molar-refractivity contribution in [3.63, 3.8) is 0 Å². The normalized spacial score (nSPS) is 12.5. The van der Waals surface area contributed by atoms with E-state index in [0.717, 1.165) is 57.8 Å². The van der Waals surface area contributed by atoms with E-state index in [2.05, 4.69) is 57.2 Å². The smallest absolute Gasteiger partial charge is 0.306 e. The molecule has 5 heteroatoms. The number of esters is 2. The summed E-state index contributed by atoms with van der Waals surface area (Å²) in [6.45, 7) is 7.70. The maximum absolute atomic E-state index is 12.6. The number of carbonyl (C=O) groups excluding carboxylic acids is 2. The van der Waals surface area contributed by atoms with Crippen LogP contribution in [-0.4, -0.2) is 37.9 Å². The predicted molar refractivity (Wildman–Crippen MR) is 215 cm³/mol. The monoisotopic (exact) mass is 703 g/mol. The van der Waals surface area contributed by atoms with Crippen LogP contribution in [0.2, 0.25) is 0 Å². The van der Waals surface area contributed by atoms with Gasteiger partial charge in [-0.05, 0) is 70.6 Å². The molecule has 0 aromatic carbocycles. The van der Waals surface area contributed by atoms with Crippen LogP contribution < -0.4 is 0 Å². The van der Waals surface area contributed by atoms with Crippen LogP contribution in [0.3, 0.4) is 0 Å². The maximum atomic E-state index is 12.6. The fourth-order valence-corrected chi connectivity index (χ4v) is 5.87. The minimum absolute atomic E-state index is 0.0790. The summed E-state index contributed by atoms with van der Waals surface area (Å²) in [7, 11) is 0. The molecule has 0 bridgehead atoms. The van der Waals surface area contributed by atoms with Gasteiger partial charge in [0.2, 0.25) is 0 Å². The van der Waals surface area contributed by atoms with Crippen molar-refractivity contribution in [1.82, 2.24) is 0 Å². The molecular weight excluding hydrogens is 620 g/mol. The summed E-state index contributed by atoms with van der Waals surface area (Å²) in [5.74, 6) is -0.417. The number of ether oxygens (including phenoxy) is 3. The average Bonchev–Trinajstić information content (AvgIpc) is 3.11. The highest BCUT2D eigenvalue weighted by Crippen LogP contribution is 2.13. The van der Waals surface area contributed by atoms with Gasteiger partial charge < -0.3 is 14.2 Å². The molecule has 0 fully saturated rings. The van der Waals surface area contributed by atoms with Gasteiger partial charge in [-0.15, -0.1) is 0 Å². The van der Waals surface area contributed by atoms with Crippen molar-refractivity contribution in [2.45, 2.75) is 219 Å². The van der Waals surface area contributed by atoms with Gasteiger partial charge in [0.25, 0.3) is 0 Å². The van der Waals surface area contributed by atoms with Gasteiger partial charge in [-0.2, -0.15) is 0 Å². The first-order valence-corrected chi connectivity index (χ1v) is 21.5. The van der Waals surface area contributed by atoms with Crippen molar-refractivity contribution in [3.05, 3.63) is 36.5 Å². The zero-order valence-electron chi connectivity index (χ0n) is 33.4. The summed E-state index contributed by atoms with van der Waals surface area (Å²) in [6, 6.07) is 0. The topological polar surface area (TPSA) is 61.8 Å². The molecule has 0 rings (SSSR count). The fraction of sp³-hybridized carbons (Fsp3) is 0.822. The van der Waals surface area contributed by atoms with Gasteiger partial charge in [0.05, 0.1) is 6.61 Å². The number of unbranched alkanes of at least 4 members (excludes halogenated alkanes) is 22. The molecule has 0 N–H and O–H groups in total. The SMILES string of the molecule is CCCC/C=C\CCCCCCCC(=O)OCC(COCCCCCCCC/C=C\C/C=C\CCCCC)OC(=O)CCCCCCCCC. The van der Waals surface area contributed by atoms with Gasteiger partial charge >= 0.3 is 11.9 Å². The van der Waals surface area contributed by atoms with Crippen molar-refractivity contribution in [3.8, 4) is 0 Å². The Hall–Kier alpha value is -1.88. The molecule has 0 aromatic rings. The minimum atomic E-state index is -0.536. The van der Waals surface area contributed by atoms with Crippen molar-refractivity contribution in [1.29, 1.82) is 0 Å². The molecule has 1 atom stereocenters. The molecule has 0 aliphatic heterocycles. The van der Waals surface area contributed by atoms with Crippen LogP contribution in [0.1, 0.15) is 213 Å². The summed E-state index contributed by atoms with van der Waals surface area (Å²) in [4.78, 5) is 25.0. The number of hydrogen-bond donors (Lipinski definition) is 0. The quantitative estimate of drug-likeness (QED) is 0.0362. The van der Waals surface area contributed by atoms with Crippen molar-refractivity contribution in [2.75, 3.05) is 19.8 Å².